The molecule has 5 atom stereocenters. The molecule has 4 aliphatic rings. The normalized spacial score (nSPS) is 40.3. The topological polar surface area (TPSA) is 33.1 Å². The van der Waals surface area contributed by atoms with Gasteiger partial charge in [0, 0.05) is 11.6 Å². The highest BCUT2D eigenvalue weighted by atomic mass is 19.1. The summed E-state index contributed by atoms with van der Waals surface area (Å²) >= 11 is 0. The Morgan fingerprint density at radius 1 is 1.15 bits per heavy atom. The third-order valence-electron chi connectivity index (χ3n) is 8.14. The highest BCUT2D eigenvalue weighted by Crippen LogP contribution is 2.64. The van der Waals surface area contributed by atoms with Crippen molar-refractivity contribution >= 4 is 5.57 Å². The van der Waals surface area contributed by atoms with Crippen LogP contribution in [0.4, 0.5) is 4.39 Å². The van der Waals surface area contributed by atoms with Crippen molar-refractivity contribution < 1.29 is 9.50 Å². The van der Waals surface area contributed by atoms with E-state index < -0.39 is 0 Å². The lowest BCUT2D eigenvalue weighted by molar-refractivity contribution is 0.0369. The standard InChI is InChI=1S/C24H28FNO/c1-23-9-7-18(27)12-16(23)3-4-19-21-6-5-20(15-11-17(25)14-26-13-15)24(21,2)10-8-22(19)23/h3,5-6,11,13-14,18-19,22,27H,4,7-10,12H2,1-2H3. The first-order valence-corrected chi connectivity index (χ1v) is 10.3. The second kappa shape index (κ2) is 5.88. The molecule has 0 bridgehead atoms. The lowest BCUT2D eigenvalue weighted by atomic mass is 9.49. The van der Waals surface area contributed by atoms with Crippen LogP contribution in [0.15, 0.2) is 47.8 Å². The Labute approximate surface area is 160 Å². The van der Waals surface area contributed by atoms with Crippen LogP contribution in [-0.4, -0.2) is 16.2 Å². The highest BCUT2D eigenvalue weighted by Gasteiger charge is 2.54. The van der Waals surface area contributed by atoms with Crippen molar-refractivity contribution in [1.82, 2.24) is 4.98 Å². The molecule has 1 aromatic heterocycles. The minimum Gasteiger partial charge on any atom is -0.393 e. The zero-order valence-electron chi connectivity index (χ0n) is 16.2. The molecule has 2 fully saturated rings. The molecule has 0 spiro atoms. The molecule has 1 aromatic rings. The summed E-state index contributed by atoms with van der Waals surface area (Å²) in [6.07, 6.45) is 16.1. The number of aromatic nitrogens is 1. The molecule has 2 nitrogen and oxygen atoms in total. The van der Waals surface area contributed by atoms with Gasteiger partial charge in [-0.2, -0.15) is 0 Å². The number of hydrogen-bond donors (Lipinski definition) is 1. The molecule has 0 amide bonds. The molecule has 5 unspecified atom stereocenters. The molecule has 2 saturated carbocycles. The lowest BCUT2D eigenvalue weighted by Gasteiger charge is -2.56. The zero-order valence-corrected chi connectivity index (χ0v) is 16.2. The van der Waals surface area contributed by atoms with Crippen LogP contribution in [0.5, 0.6) is 0 Å². The summed E-state index contributed by atoms with van der Waals surface area (Å²) < 4.78 is 13.8. The van der Waals surface area contributed by atoms with E-state index in [0.29, 0.717) is 11.8 Å². The Hall–Kier alpha value is -1.74. The number of rotatable bonds is 1. The summed E-state index contributed by atoms with van der Waals surface area (Å²) in [6, 6.07) is 1.62. The Balaban J connectivity index is 1.49. The van der Waals surface area contributed by atoms with Crippen LogP contribution in [0.1, 0.15) is 57.9 Å². The number of halogens is 1. The van der Waals surface area contributed by atoms with Gasteiger partial charge in [-0.3, -0.25) is 4.98 Å². The van der Waals surface area contributed by atoms with Gasteiger partial charge in [-0.25, -0.2) is 4.39 Å². The third kappa shape index (κ3) is 2.44. The minimum atomic E-state index is -0.266. The maximum absolute atomic E-state index is 13.8. The van der Waals surface area contributed by atoms with Crippen LogP contribution in [0, 0.1) is 28.5 Å². The number of aliphatic hydroxyl groups is 1. The highest BCUT2D eigenvalue weighted by molar-refractivity contribution is 5.78. The van der Waals surface area contributed by atoms with Crippen molar-refractivity contribution in [1.29, 1.82) is 0 Å². The van der Waals surface area contributed by atoms with E-state index in [9.17, 15) is 9.50 Å². The Bertz CT molecular complexity index is 884. The molecule has 0 radical (unpaired) electrons. The first-order chi connectivity index (χ1) is 12.9. The van der Waals surface area contributed by atoms with E-state index in [-0.39, 0.29) is 22.8 Å². The largest absolute Gasteiger partial charge is 0.393 e. The van der Waals surface area contributed by atoms with Crippen molar-refractivity contribution in [2.24, 2.45) is 22.7 Å². The molecule has 142 valence electrons. The zero-order chi connectivity index (χ0) is 18.8. The van der Waals surface area contributed by atoms with Crippen molar-refractivity contribution in [2.75, 3.05) is 0 Å². The maximum atomic E-state index is 13.8. The molecule has 1 N–H and O–H groups in total. The predicted molar refractivity (Wildman–Crippen MR) is 105 cm³/mol. The van der Waals surface area contributed by atoms with Crippen LogP contribution in [0.25, 0.3) is 5.57 Å². The summed E-state index contributed by atoms with van der Waals surface area (Å²) in [4.78, 5) is 4.08. The first kappa shape index (κ1) is 17.4. The molecular weight excluding hydrogens is 337 g/mol. The third-order valence-corrected chi connectivity index (χ3v) is 8.14. The van der Waals surface area contributed by atoms with Gasteiger partial charge in [-0.1, -0.05) is 43.2 Å². The number of pyridine rings is 1. The van der Waals surface area contributed by atoms with E-state index >= 15 is 0 Å². The van der Waals surface area contributed by atoms with E-state index in [1.54, 1.807) is 12.3 Å². The van der Waals surface area contributed by atoms with Crippen molar-refractivity contribution in [3.63, 3.8) is 0 Å². The average molecular weight is 365 g/mol. The van der Waals surface area contributed by atoms with E-state index in [1.165, 1.54) is 29.3 Å². The molecule has 0 saturated heterocycles. The molecule has 0 aromatic carbocycles. The van der Waals surface area contributed by atoms with E-state index in [0.717, 1.165) is 37.7 Å². The molecule has 5 rings (SSSR count). The Morgan fingerprint density at radius 3 is 2.81 bits per heavy atom. The number of fused-ring (bicyclic) bond motifs is 5. The van der Waals surface area contributed by atoms with Crippen molar-refractivity contribution in [3.8, 4) is 0 Å². The second-order valence-electron chi connectivity index (χ2n) is 9.46. The molecule has 1 heterocycles. The van der Waals surface area contributed by atoms with Crippen LogP contribution < -0.4 is 0 Å². The van der Waals surface area contributed by atoms with Crippen LogP contribution in [0.3, 0.4) is 0 Å². The Kier molecular flexibility index (Phi) is 3.78. The van der Waals surface area contributed by atoms with E-state index in [1.807, 2.05) is 0 Å². The van der Waals surface area contributed by atoms with Gasteiger partial charge < -0.3 is 5.11 Å². The number of hydrogen-bond acceptors (Lipinski definition) is 2. The number of allylic oxidation sites excluding steroid dienone is 5. The van der Waals surface area contributed by atoms with E-state index in [2.05, 4.69) is 37.1 Å². The summed E-state index contributed by atoms with van der Waals surface area (Å²) in [5.74, 6) is 0.948. The summed E-state index contributed by atoms with van der Waals surface area (Å²) in [5, 5.41) is 10.1. The SMILES string of the molecule is CC12CCC3C(CC=C4CC(O)CCC43C)C1=CC=C2c1cncc(F)c1. The fraction of sp³-hybridized carbons (Fsp3) is 0.542. The van der Waals surface area contributed by atoms with Crippen LogP contribution >= 0.6 is 0 Å². The fourth-order valence-electron chi connectivity index (χ4n) is 6.62. The molecular formula is C24H28FNO. The van der Waals surface area contributed by atoms with Gasteiger partial charge in [0.15, 0.2) is 0 Å². The van der Waals surface area contributed by atoms with Gasteiger partial charge in [0.1, 0.15) is 5.82 Å². The monoisotopic (exact) mass is 365 g/mol. The van der Waals surface area contributed by atoms with Crippen LogP contribution in [0.2, 0.25) is 0 Å². The number of aliphatic hydroxyl groups excluding tert-OH is 1. The molecule has 0 aliphatic heterocycles. The predicted octanol–water partition coefficient (Wildman–Crippen LogP) is 5.46. The smallest absolute Gasteiger partial charge is 0.142 e. The van der Waals surface area contributed by atoms with Crippen molar-refractivity contribution in [3.05, 3.63) is 59.2 Å². The number of nitrogens with zero attached hydrogens (tertiary/aromatic N) is 1. The first-order valence-electron chi connectivity index (χ1n) is 10.3. The maximum Gasteiger partial charge on any atom is 0.142 e. The quantitative estimate of drug-likeness (QED) is 0.671. The summed E-state index contributed by atoms with van der Waals surface area (Å²) in [5.41, 5.74) is 5.39. The van der Waals surface area contributed by atoms with Crippen LogP contribution in [-0.2, 0) is 0 Å². The second-order valence-corrected chi connectivity index (χ2v) is 9.46. The average Bonchev–Trinajstić information content (AvgIpc) is 2.99. The summed E-state index contributed by atoms with van der Waals surface area (Å²) in [6.45, 7) is 4.77. The molecule has 4 aliphatic carbocycles. The van der Waals surface area contributed by atoms with Gasteiger partial charge in [-0.05, 0) is 73.0 Å². The van der Waals surface area contributed by atoms with Gasteiger partial charge in [0.2, 0.25) is 0 Å². The molecule has 3 heteroatoms. The van der Waals surface area contributed by atoms with Gasteiger partial charge in [0.05, 0.1) is 12.3 Å². The van der Waals surface area contributed by atoms with Crippen molar-refractivity contribution in [2.45, 2.75) is 58.5 Å². The van der Waals surface area contributed by atoms with E-state index in [4.69, 9.17) is 0 Å². The fourth-order valence-corrected chi connectivity index (χ4v) is 6.62. The van der Waals surface area contributed by atoms with Gasteiger partial charge in [0.25, 0.3) is 0 Å². The van der Waals surface area contributed by atoms with Gasteiger partial charge >= 0.3 is 0 Å². The minimum absolute atomic E-state index is 0.00742. The van der Waals surface area contributed by atoms with Gasteiger partial charge in [-0.15, -0.1) is 0 Å². The summed E-state index contributed by atoms with van der Waals surface area (Å²) in [7, 11) is 0. The lowest BCUT2D eigenvalue weighted by Crippen LogP contribution is -2.47. The Morgan fingerprint density at radius 2 is 2.00 bits per heavy atom. The molecule has 27 heavy (non-hydrogen) atoms.